The van der Waals surface area contributed by atoms with Crippen LogP contribution in [-0.2, 0) is 6.54 Å². The van der Waals surface area contributed by atoms with Gasteiger partial charge in [-0.25, -0.2) is 0 Å². The molecule has 3 heterocycles. The van der Waals surface area contributed by atoms with Crippen LogP contribution in [0.3, 0.4) is 0 Å². The minimum absolute atomic E-state index is 0.0356. The van der Waals surface area contributed by atoms with Crippen LogP contribution in [0.4, 0.5) is 24.7 Å². The van der Waals surface area contributed by atoms with Gasteiger partial charge in [0.05, 0.1) is 6.54 Å². The summed E-state index contributed by atoms with van der Waals surface area (Å²) in [6.45, 7) is 4.03. The van der Waals surface area contributed by atoms with Crippen LogP contribution in [0, 0.1) is 10.1 Å². The number of hydrogen-bond acceptors (Lipinski definition) is 8. The summed E-state index contributed by atoms with van der Waals surface area (Å²) in [7, 11) is 0. The molecule has 0 N–H and O–H groups in total. The zero-order valence-corrected chi connectivity index (χ0v) is 20.4. The Kier molecular flexibility index (Phi) is 6.67. The van der Waals surface area contributed by atoms with E-state index in [0.717, 1.165) is 31.6 Å². The van der Waals surface area contributed by atoms with E-state index in [1.165, 1.54) is 30.5 Å². The standard InChI is InChI=1S/C25H25F3N4O6/c1-24(15-31-14-22(32(33)34)29-23(31)38-24)16-35-18-4-2-17(3-5-18)30-12-10-20(11-13-30)36-19-6-8-21(9-7-19)37-25(26,27)28/h2-9,14,20H,10-13,15-16H2,1H3/t24-/m0/s1. The van der Waals surface area contributed by atoms with Gasteiger partial charge in [0, 0.05) is 36.6 Å². The van der Waals surface area contributed by atoms with Gasteiger partial charge in [0.15, 0.2) is 5.60 Å². The monoisotopic (exact) mass is 534 g/mol. The number of rotatable bonds is 8. The summed E-state index contributed by atoms with van der Waals surface area (Å²) in [6, 6.07) is 13.3. The maximum atomic E-state index is 12.3. The van der Waals surface area contributed by atoms with Crippen molar-refractivity contribution in [1.29, 1.82) is 0 Å². The molecule has 10 nitrogen and oxygen atoms in total. The molecule has 2 aliphatic heterocycles. The van der Waals surface area contributed by atoms with Crippen LogP contribution in [0.2, 0.25) is 0 Å². The maximum absolute atomic E-state index is 12.3. The number of ether oxygens (including phenoxy) is 4. The fourth-order valence-electron chi connectivity index (χ4n) is 4.49. The second-order valence-corrected chi connectivity index (χ2v) is 9.42. The van der Waals surface area contributed by atoms with E-state index in [-0.39, 0.29) is 30.3 Å². The van der Waals surface area contributed by atoms with Crippen molar-refractivity contribution in [2.75, 3.05) is 24.6 Å². The Balaban J connectivity index is 1.07. The number of nitrogens with zero attached hydrogens (tertiary/aromatic N) is 4. The highest BCUT2D eigenvalue weighted by Crippen LogP contribution is 2.32. The van der Waals surface area contributed by atoms with Crippen molar-refractivity contribution < 1.29 is 37.0 Å². The minimum Gasteiger partial charge on any atom is -0.490 e. The lowest BCUT2D eigenvalue weighted by Gasteiger charge is -2.33. The zero-order chi connectivity index (χ0) is 26.9. The predicted octanol–water partition coefficient (Wildman–Crippen LogP) is 4.97. The summed E-state index contributed by atoms with van der Waals surface area (Å²) in [5, 5.41) is 10.9. The van der Waals surface area contributed by atoms with Crippen LogP contribution in [-0.4, -0.2) is 52.2 Å². The van der Waals surface area contributed by atoms with Crippen molar-refractivity contribution in [2.24, 2.45) is 0 Å². The molecule has 0 amide bonds. The van der Waals surface area contributed by atoms with Gasteiger partial charge < -0.3 is 34.0 Å². The van der Waals surface area contributed by atoms with E-state index >= 15 is 0 Å². The fraction of sp³-hybridized carbons (Fsp3) is 0.400. The van der Waals surface area contributed by atoms with Crippen LogP contribution in [0.5, 0.6) is 23.3 Å². The molecule has 38 heavy (non-hydrogen) atoms. The summed E-state index contributed by atoms with van der Waals surface area (Å²) >= 11 is 0. The Morgan fingerprint density at radius 2 is 1.71 bits per heavy atom. The molecule has 1 atom stereocenters. The van der Waals surface area contributed by atoms with Crippen LogP contribution in [0.15, 0.2) is 54.7 Å². The largest absolute Gasteiger partial charge is 0.573 e. The smallest absolute Gasteiger partial charge is 0.490 e. The average molecular weight is 534 g/mol. The van der Waals surface area contributed by atoms with Gasteiger partial charge >= 0.3 is 18.2 Å². The molecule has 1 saturated heterocycles. The van der Waals surface area contributed by atoms with Crippen molar-refractivity contribution in [3.63, 3.8) is 0 Å². The zero-order valence-electron chi connectivity index (χ0n) is 20.4. The summed E-state index contributed by atoms with van der Waals surface area (Å²) in [5.41, 5.74) is 0.351. The molecule has 0 spiro atoms. The van der Waals surface area contributed by atoms with Gasteiger partial charge in [-0.3, -0.25) is 4.57 Å². The molecule has 202 valence electrons. The van der Waals surface area contributed by atoms with E-state index in [9.17, 15) is 23.3 Å². The number of anilines is 1. The molecule has 1 aromatic heterocycles. The van der Waals surface area contributed by atoms with Crippen LogP contribution in [0.25, 0.3) is 0 Å². The number of fused-ring (bicyclic) bond motifs is 1. The molecular weight excluding hydrogens is 509 g/mol. The molecule has 5 rings (SSSR count). The SMILES string of the molecule is C[C@@]1(COc2ccc(N3CCC(Oc4ccc(OC(F)(F)F)cc4)CC3)cc2)Cn2cc([N+](=O)[O-])nc2O1. The first kappa shape index (κ1) is 25.5. The number of benzene rings is 2. The first-order valence-corrected chi connectivity index (χ1v) is 12.0. The van der Waals surface area contributed by atoms with E-state index in [4.69, 9.17) is 14.2 Å². The molecule has 3 aromatic rings. The normalized spacial score (nSPS) is 19.5. The number of alkyl halides is 3. The first-order chi connectivity index (χ1) is 18.1. The van der Waals surface area contributed by atoms with Crippen molar-refractivity contribution in [2.45, 2.75) is 44.4 Å². The van der Waals surface area contributed by atoms with E-state index in [2.05, 4.69) is 14.6 Å². The molecule has 0 unspecified atom stereocenters. The van der Waals surface area contributed by atoms with E-state index in [1.807, 2.05) is 31.2 Å². The second-order valence-electron chi connectivity index (χ2n) is 9.42. The van der Waals surface area contributed by atoms with Crippen LogP contribution >= 0.6 is 0 Å². The predicted molar refractivity (Wildman–Crippen MR) is 129 cm³/mol. The van der Waals surface area contributed by atoms with E-state index in [1.54, 1.807) is 4.57 Å². The summed E-state index contributed by atoms with van der Waals surface area (Å²) < 4.78 is 60.1. The molecule has 0 aliphatic carbocycles. The lowest BCUT2D eigenvalue weighted by Crippen LogP contribution is -2.38. The van der Waals surface area contributed by atoms with Gasteiger partial charge in [0.2, 0.25) is 0 Å². The topological polar surface area (TPSA) is 101 Å². The van der Waals surface area contributed by atoms with Crippen molar-refractivity contribution in [1.82, 2.24) is 9.55 Å². The molecule has 2 aliphatic rings. The Morgan fingerprint density at radius 1 is 1.08 bits per heavy atom. The third kappa shape index (κ3) is 6.03. The fourth-order valence-corrected chi connectivity index (χ4v) is 4.49. The van der Waals surface area contributed by atoms with Crippen LogP contribution < -0.4 is 23.8 Å². The third-order valence-electron chi connectivity index (χ3n) is 6.30. The summed E-state index contributed by atoms with van der Waals surface area (Å²) in [6.07, 6.45) is -1.87. The summed E-state index contributed by atoms with van der Waals surface area (Å²) in [5.74, 6) is 0.643. The van der Waals surface area contributed by atoms with Gasteiger partial charge in [-0.05, 0) is 60.4 Å². The molecule has 13 heteroatoms. The van der Waals surface area contributed by atoms with Crippen LogP contribution in [0.1, 0.15) is 19.8 Å². The Morgan fingerprint density at radius 3 is 2.32 bits per heavy atom. The van der Waals surface area contributed by atoms with Gasteiger partial charge in [-0.15, -0.1) is 13.2 Å². The minimum atomic E-state index is -4.72. The highest BCUT2D eigenvalue weighted by atomic mass is 19.4. The number of piperidine rings is 1. The Hall–Kier alpha value is -4.16. The number of halogens is 3. The third-order valence-corrected chi connectivity index (χ3v) is 6.30. The van der Waals surface area contributed by atoms with Gasteiger partial charge in [0.25, 0.3) is 0 Å². The molecule has 2 aromatic carbocycles. The van der Waals surface area contributed by atoms with Crippen molar-refractivity contribution >= 4 is 11.5 Å². The molecule has 0 bridgehead atoms. The number of aromatic nitrogens is 2. The van der Waals surface area contributed by atoms with E-state index < -0.39 is 16.9 Å². The van der Waals surface area contributed by atoms with Gasteiger partial charge in [-0.2, -0.15) is 0 Å². The lowest BCUT2D eigenvalue weighted by molar-refractivity contribution is -0.389. The van der Waals surface area contributed by atoms with Gasteiger partial charge in [-0.1, -0.05) is 0 Å². The van der Waals surface area contributed by atoms with Crippen molar-refractivity contribution in [3.05, 3.63) is 64.8 Å². The second kappa shape index (κ2) is 9.95. The average Bonchev–Trinajstić information content (AvgIpc) is 3.40. The molecule has 1 fully saturated rings. The molecular formula is C25H25F3N4O6. The quantitative estimate of drug-likeness (QED) is 0.295. The lowest BCUT2D eigenvalue weighted by atomic mass is 10.1. The number of imidazole rings is 1. The number of hydrogen-bond donors (Lipinski definition) is 0. The first-order valence-electron chi connectivity index (χ1n) is 12.0. The van der Waals surface area contributed by atoms with Crippen molar-refractivity contribution in [3.8, 4) is 23.3 Å². The number of nitro groups is 1. The van der Waals surface area contributed by atoms with Gasteiger partial charge in [0.1, 0.15) is 36.2 Å². The maximum Gasteiger partial charge on any atom is 0.573 e. The highest BCUT2D eigenvalue weighted by molar-refractivity contribution is 5.49. The molecule has 0 radical (unpaired) electrons. The highest BCUT2D eigenvalue weighted by Gasteiger charge is 2.41. The molecule has 0 saturated carbocycles. The Labute approximate surface area is 215 Å². The Bertz CT molecular complexity index is 1250. The summed E-state index contributed by atoms with van der Waals surface area (Å²) in [4.78, 5) is 16.4. The van der Waals surface area contributed by atoms with E-state index in [0.29, 0.717) is 18.0 Å².